The Morgan fingerprint density at radius 3 is 2.04 bits per heavy atom. The fraction of sp³-hybridized carbons (Fsp3) is 0.0833. The molecule has 27 heavy (non-hydrogen) atoms. The van der Waals surface area contributed by atoms with Crippen LogP contribution >= 0.6 is 0 Å². The average molecular weight is 352 g/mol. The molecule has 0 saturated carbocycles. The van der Waals surface area contributed by atoms with E-state index in [4.69, 9.17) is 0 Å². The lowest BCUT2D eigenvalue weighted by atomic mass is 10.0. The van der Waals surface area contributed by atoms with Crippen LogP contribution in [0.25, 0.3) is 17.2 Å². The van der Waals surface area contributed by atoms with Crippen LogP contribution in [0.1, 0.15) is 24.1 Å². The van der Waals surface area contributed by atoms with Crippen LogP contribution in [0.2, 0.25) is 0 Å². The molecule has 0 bridgehead atoms. The number of nitriles is 1. The van der Waals surface area contributed by atoms with Crippen molar-refractivity contribution in [2.75, 3.05) is 0 Å². The molecule has 3 nitrogen and oxygen atoms in total. The topological polar surface area (TPSA) is 52.9 Å². The SMILES string of the molecule is C[C@@H](NC(=O)/C(C#N)=C/c1ccc(-c2ccccc2)cc1)c1ccccc1. The number of nitrogens with one attached hydrogen (secondary N) is 1. The standard InChI is InChI=1S/C24H20N2O/c1-18(20-8-4-2-5-9-20)26-24(27)23(17-25)16-19-12-14-22(15-13-19)21-10-6-3-7-11-21/h2-16,18H,1H3,(H,26,27)/b23-16+/t18-/m1/s1. The predicted molar refractivity (Wildman–Crippen MR) is 108 cm³/mol. The average Bonchev–Trinajstić information content (AvgIpc) is 2.73. The van der Waals surface area contributed by atoms with Crippen molar-refractivity contribution in [1.29, 1.82) is 5.26 Å². The third-order valence-electron chi connectivity index (χ3n) is 4.34. The van der Waals surface area contributed by atoms with E-state index in [1.165, 1.54) is 0 Å². The van der Waals surface area contributed by atoms with Crippen LogP contribution in [0.4, 0.5) is 0 Å². The second kappa shape index (κ2) is 8.64. The minimum atomic E-state index is -0.374. The van der Waals surface area contributed by atoms with E-state index in [0.29, 0.717) is 0 Å². The van der Waals surface area contributed by atoms with Gasteiger partial charge < -0.3 is 5.32 Å². The number of benzene rings is 3. The lowest BCUT2D eigenvalue weighted by Crippen LogP contribution is -2.27. The quantitative estimate of drug-likeness (QED) is 0.511. The summed E-state index contributed by atoms with van der Waals surface area (Å²) in [7, 11) is 0. The van der Waals surface area contributed by atoms with Gasteiger partial charge in [-0.2, -0.15) is 5.26 Å². The summed E-state index contributed by atoms with van der Waals surface area (Å²) < 4.78 is 0. The van der Waals surface area contributed by atoms with Crippen LogP contribution in [0.3, 0.4) is 0 Å². The third-order valence-corrected chi connectivity index (χ3v) is 4.34. The lowest BCUT2D eigenvalue weighted by molar-refractivity contribution is -0.117. The number of hydrogen-bond donors (Lipinski definition) is 1. The van der Waals surface area contributed by atoms with Gasteiger partial charge in [-0.25, -0.2) is 0 Å². The molecule has 0 aliphatic carbocycles. The smallest absolute Gasteiger partial charge is 0.262 e. The van der Waals surface area contributed by atoms with Gasteiger partial charge >= 0.3 is 0 Å². The van der Waals surface area contributed by atoms with Gasteiger partial charge in [0.05, 0.1) is 6.04 Å². The first kappa shape index (κ1) is 18.2. The first-order valence-electron chi connectivity index (χ1n) is 8.80. The maximum absolute atomic E-state index is 12.4. The van der Waals surface area contributed by atoms with Gasteiger partial charge in [0, 0.05) is 0 Å². The van der Waals surface area contributed by atoms with Crippen molar-refractivity contribution in [3.8, 4) is 17.2 Å². The zero-order valence-electron chi connectivity index (χ0n) is 15.1. The van der Waals surface area contributed by atoms with Gasteiger partial charge in [0.25, 0.3) is 5.91 Å². The van der Waals surface area contributed by atoms with Crippen molar-refractivity contribution in [3.63, 3.8) is 0 Å². The second-order valence-electron chi connectivity index (χ2n) is 6.26. The van der Waals surface area contributed by atoms with Crippen molar-refractivity contribution < 1.29 is 4.79 Å². The summed E-state index contributed by atoms with van der Waals surface area (Å²) in [4.78, 5) is 12.4. The summed E-state index contributed by atoms with van der Waals surface area (Å²) in [5, 5.41) is 12.3. The predicted octanol–water partition coefficient (Wildman–Crippen LogP) is 5.14. The van der Waals surface area contributed by atoms with Gasteiger partial charge in [0.1, 0.15) is 11.6 Å². The van der Waals surface area contributed by atoms with Gasteiger partial charge in [-0.15, -0.1) is 0 Å². The van der Waals surface area contributed by atoms with E-state index >= 15 is 0 Å². The molecule has 3 heteroatoms. The van der Waals surface area contributed by atoms with Crippen LogP contribution in [0.5, 0.6) is 0 Å². The number of carbonyl (C=O) groups is 1. The normalized spacial score (nSPS) is 12.1. The lowest BCUT2D eigenvalue weighted by Gasteiger charge is -2.13. The van der Waals surface area contributed by atoms with E-state index < -0.39 is 0 Å². The monoisotopic (exact) mass is 352 g/mol. The zero-order valence-corrected chi connectivity index (χ0v) is 15.1. The number of carbonyl (C=O) groups excluding carboxylic acids is 1. The van der Waals surface area contributed by atoms with Crippen LogP contribution in [-0.4, -0.2) is 5.91 Å². The first-order chi connectivity index (χ1) is 13.2. The number of amides is 1. The molecule has 3 aromatic rings. The highest BCUT2D eigenvalue weighted by Crippen LogP contribution is 2.20. The van der Waals surface area contributed by atoms with Crippen molar-refractivity contribution in [3.05, 3.63) is 102 Å². The molecule has 1 atom stereocenters. The minimum absolute atomic E-state index is 0.0882. The van der Waals surface area contributed by atoms with Crippen LogP contribution in [0.15, 0.2) is 90.5 Å². The van der Waals surface area contributed by atoms with E-state index in [9.17, 15) is 10.1 Å². The van der Waals surface area contributed by atoms with Crippen molar-refractivity contribution in [1.82, 2.24) is 5.32 Å². The van der Waals surface area contributed by atoms with Crippen LogP contribution < -0.4 is 5.32 Å². The Bertz CT molecular complexity index is 968. The fourth-order valence-corrected chi connectivity index (χ4v) is 2.82. The summed E-state index contributed by atoms with van der Waals surface area (Å²) in [5.74, 6) is -0.374. The molecular weight excluding hydrogens is 332 g/mol. The molecule has 0 unspecified atom stereocenters. The highest BCUT2D eigenvalue weighted by Gasteiger charge is 2.13. The Morgan fingerprint density at radius 2 is 1.44 bits per heavy atom. The Balaban J connectivity index is 1.74. The molecule has 132 valence electrons. The van der Waals surface area contributed by atoms with Crippen molar-refractivity contribution >= 4 is 12.0 Å². The fourth-order valence-electron chi connectivity index (χ4n) is 2.82. The van der Waals surface area contributed by atoms with Crippen LogP contribution in [0, 0.1) is 11.3 Å². The number of nitrogens with zero attached hydrogens (tertiary/aromatic N) is 1. The van der Waals surface area contributed by atoms with Gasteiger partial charge in [-0.05, 0) is 35.3 Å². The Hall–Kier alpha value is -3.64. The molecule has 3 rings (SSSR count). The molecule has 0 aliphatic heterocycles. The van der Waals surface area contributed by atoms with E-state index in [2.05, 4.69) is 5.32 Å². The van der Waals surface area contributed by atoms with E-state index in [1.54, 1.807) is 6.08 Å². The second-order valence-corrected chi connectivity index (χ2v) is 6.26. The largest absolute Gasteiger partial charge is 0.345 e. The maximum Gasteiger partial charge on any atom is 0.262 e. The van der Waals surface area contributed by atoms with Gasteiger partial charge in [-0.1, -0.05) is 84.9 Å². The summed E-state index contributed by atoms with van der Waals surface area (Å²) >= 11 is 0. The van der Waals surface area contributed by atoms with Crippen molar-refractivity contribution in [2.24, 2.45) is 0 Å². The highest BCUT2D eigenvalue weighted by atomic mass is 16.1. The molecule has 0 aliphatic rings. The number of rotatable bonds is 5. The highest BCUT2D eigenvalue weighted by molar-refractivity contribution is 6.01. The molecule has 0 aromatic heterocycles. The van der Waals surface area contributed by atoms with Gasteiger partial charge in [0.2, 0.25) is 0 Å². The molecule has 0 saturated heterocycles. The molecule has 1 amide bonds. The Morgan fingerprint density at radius 1 is 0.889 bits per heavy atom. The van der Waals surface area contributed by atoms with E-state index in [0.717, 1.165) is 22.3 Å². The molecule has 0 heterocycles. The number of hydrogen-bond acceptors (Lipinski definition) is 2. The first-order valence-corrected chi connectivity index (χ1v) is 8.80. The summed E-state index contributed by atoms with van der Waals surface area (Å²) in [5.41, 5.74) is 4.12. The molecule has 0 radical (unpaired) electrons. The summed E-state index contributed by atoms with van der Waals surface area (Å²) in [6.07, 6.45) is 1.61. The van der Waals surface area contributed by atoms with Gasteiger partial charge in [0.15, 0.2) is 0 Å². The van der Waals surface area contributed by atoms with Crippen LogP contribution in [-0.2, 0) is 4.79 Å². The molecule has 1 N–H and O–H groups in total. The third kappa shape index (κ3) is 4.71. The maximum atomic E-state index is 12.4. The summed E-state index contributed by atoms with van der Waals surface area (Å²) in [6.45, 7) is 1.90. The summed E-state index contributed by atoms with van der Waals surface area (Å²) in [6, 6.07) is 29.4. The zero-order chi connectivity index (χ0) is 19.1. The van der Waals surface area contributed by atoms with E-state index in [1.807, 2.05) is 97.9 Å². The Labute approximate surface area is 159 Å². The van der Waals surface area contributed by atoms with Crippen molar-refractivity contribution in [2.45, 2.75) is 13.0 Å². The minimum Gasteiger partial charge on any atom is -0.345 e. The molecule has 0 fully saturated rings. The Kier molecular flexibility index (Phi) is 5.81. The molecule has 0 spiro atoms. The molecular formula is C24H20N2O. The molecule has 3 aromatic carbocycles. The van der Waals surface area contributed by atoms with E-state index in [-0.39, 0.29) is 17.5 Å². The van der Waals surface area contributed by atoms with Gasteiger partial charge in [-0.3, -0.25) is 4.79 Å².